The van der Waals surface area contributed by atoms with Crippen LogP contribution in [0.3, 0.4) is 0 Å². The molecule has 0 fully saturated rings. The molecule has 132 valence electrons. The number of hydrogen-bond donors (Lipinski definition) is 1. The van der Waals surface area contributed by atoms with Crippen LogP contribution in [0.5, 0.6) is 0 Å². The molecule has 1 amide bonds. The van der Waals surface area contributed by atoms with Crippen LogP contribution in [0.25, 0.3) is 11.3 Å². The van der Waals surface area contributed by atoms with Gasteiger partial charge in [-0.3, -0.25) is 14.4 Å². The first-order valence-electron chi connectivity index (χ1n) is 8.07. The van der Waals surface area contributed by atoms with Crippen molar-refractivity contribution in [2.24, 2.45) is 0 Å². The first-order chi connectivity index (χ1) is 11.8. The Bertz CT molecular complexity index is 775. The van der Waals surface area contributed by atoms with Gasteiger partial charge in [-0.15, -0.1) is 0 Å². The zero-order valence-electron chi connectivity index (χ0n) is 14.5. The molecule has 1 aromatic carbocycles. The molecular formula is C19H21NO5. The molecule has 0 radical (unpaired) electrons. The third-order valence-electron chi connectivity index (χ3n) is 4.08. The molecule has 0 spiro atoms. The lowest BCUT2D eigenvalue weighted by atomic mass is 10.1. The van der Waals surface area contributed by atoms with Crippen LogP contribution in [0.4, 0.5) is 0 Å². The fourth-order valence-electron chi connectivity index (χ4n) is 2.41. The molecule has 0 aliphatic carbocycles. The second-order valence-electron chi connectivity index (χ2n) is 5.88. The molecule has 0 aliphatic rings. The molecule has 0 saturated carbocycles. The van der Waals surface area contributed by atoms with Crippen LogP contribution in [0.1, 0.15) is 48.1 Å². The predicted molar refractivity (Wildman–Crippen MR) is 92.6 cm³/mol. The predicted octanol–water partition coefficient (Wildman–Crippen LogP) is 3.47. The van der Waals surface area contributed by atoms with Crippen LogP contribution in [0, 0.1) is 0 Å². The number of ketones is 1. The van der Waals surface area contributed by atoms with E-state index in [1.807, 2.05) is 6.92 Å². The number of Topliss-reactive ketones (excluding diaryl/α,β-unsaturated/α-hetero) is 1. The topological polar surface area (TPSA) is 87.8 Å². The van der Waals surface area contributed by atoms with Crippen molar-refractivity contribution in [3.63, 3.8) is 0 Å². The smallest absolute Gasteiger partial charge is 0.323 e. The summed E-state index contributed by atoms with van der Waals surface area (Å²) in [6.45, 7) is 4.80. The second kappa shape index (κ2) is 7.79. The van der Waals surface area contributed by atoms with Gasteiger partial charge >= 0.3 is 5.97 Å². The highest BCUT2D eigenvalue weighted by atomic mass is 16.4. The number of furan rings is 1. The molecule has 1 heterocycles. The number of carbonyl (C=O) groups excluding carboxylic acids is 2. The summed E-state index contributed by atoms with van der Waals surface area (Å²) < 4.78 is 5.62. The second-order valence-corrected chi connectivity index (χ2v) is 5.88. The van der Waals surface area contributed by atoms with Gasteiger partial charge < -0.3 is 14.4 Å². The molecule has 0 aliphatic heterocycles. The summed E-state index contributed by atoms with van der Waals surface area (Å²) >= 11 is 0. The van der Waals surface area contributed by atoms with Crippen molar-refractivity contribution in [3.8, 4) is 11.3 Å². The number of amides is 1. The zero-order chi connectivity index (χ0) is 18.6. The van der Waals surface area contributed by atoms with Crippen molar-refractivity contribution in [2.75, 3.05) is 6.54 Å². The Morgan fingerprint density at radius 1 is 1.12 bits per heavy atom. The third-order valence-corrected chi connectivity index (χ3v) is 4.08. The first kappa shape index (κ1) is 18.4. The monoisotopic (exact) mass is 343 g/mol. The molecule has 25 heavy (non-hydrogen) atoms. The molecule has 1 N–H and O–H groups in total. The molecule has 6 nitrogen and oxygen atoms in total. The van der Waals surface area contributed by atoms with Gasteiger partial charge in [-0.25, -0.2) is 0 Å². The molecule has 6 heteroatoms. The maximum absolute atomic E-state index is 12.6. The molecule has 0 bridgehead atoms. The van der Waals surface area contributed by atoms with Gasteiger partial charge in [-0.1, -0.05) is 31.2 Å². The highest BCUT2D eigenvalue weighted by Gasteiger charge is 2.25. The number of rotatable bonds is 7. The Morgan fingerprint density at radius 3 is 2.28 bits per heavy atom. The highest BCUT2D eigenvalue weighted by Crippen LogP contribution is 2.24. The van der Waals surface area contributed by atoms with E-state index in [0.29, 0.717) is 17.7 Å². The van der Waals surface area contributed by atoms with Crippen LogP contribution < -0.4 is 0 Å². The van der Waals surface area contributed by atoms with Gasteiger partial charge in [-0.05, 0) is 32.4 Å². The van der Waals surface area contributed by atoms with Crippen molar-refractivity contribution >= 4 is 17.7 Å². The van der Waals surface area contributed by atoms with Crippen LogP contribution in [-0.2, 0) is 4.79 Å². The van der Waals surface area contributed by atoms with Crippen LogP contribution in [-0.4, -0.2) is 40.3 Å². The maximum atomic E-state index is 12.6. The van der Waals surface area contributed by atoms with Gasteiger partial charge in [0.05, 0.1) is 0 Å². The number of carboxylic acid groups (broad SMARTS) is 1. The lowest BCUT2D eigenvalue weighted by molar-refractivity contribution is -0.138. The Morgan fingerprint density at radius 2 is 1.76 bits per heavy atom. The standard InChI is InChI=1S/C19H21NO5/c1-4-12(2)20(11-18(22)23)19(24)17-10-9-16(25-17)15-7-5-14(6-8-15)13(3)21/h5-10,12H,4,11H2,1-3H3,(H,22,23). The summed E-state index contributed by atoms with van der Waals surface area (Å²) in [6, 6.07) is 9.85. The Hall–Kier alpha value is -2.89. The lowest BCUT2D eigenvalue weighted by Crippen LogP contribution is -2.41. The van der Waals surface area contributed by atoms with Gasteiger partial charge in [0.2, 0.25) is 0 Å². The number of benzene rings is 1. The van der Waals surface area contributed by atoms with E-state index in [2.05, 4.69) is 0 Å². The fourth-order valence-corrected chi connectivity index (χ4v) is 2.41. The van der Waals surface area contributed by atoms with Crippen LogP contribution in [0.2, 0.25) is 0 Å². The van der Waals surface area contributed by atoms with Crippen molar-refractivity contribution in [1.82, 2.24) is 4.90 Å². The van der Waals surface area contributed by atoms with Crippen molar-refractivity contribution < 1.29 is 23.9 Å². The highest BCUT2D eigenvalue weighted by molar-refractivity contribution is 5.95. The fraction of sp³-hybridized carbons (Fsp3) is 0.316. The van der Waals surface area contributed by atoms with Crippen LogP contribution >= 0.6 is 0 Å². The average Bonchev–Trinajstić information content (AvgIpc) is 3.08. The first-order valence-corrected chi connectivity index (χ1v) is 8.07. The zero-order valence-corrected chi connectivity index (χ0v) is 14.5. The summed E-state index contributed by atoms with van der Waals surface area (Å²) in [6.07, 6.45) is 0.638. The van der Waals surface area contributed by atoms with Crippen molar-refractivity contribution in [3.05, 3.63) is 47.7 Å². The minimum atomic E-state index is -1.07. The van der Waals surface area contributed by atoms with Gasteiger partial charge in [0.15, 0.2) is 11.5 Å². The van der Waals surface area contributed by atoms with Gasteiger partial charge in [0.25, 0.3) is 5.91 Å². The number of carboxylic acids is 1. The minimum absolute atomic E-state index is 0.0280. The van der Waals surface area contributed by atoms with Gasteiger partial charge in [-0.2, -0.15) is 0 Å². The summed E-state index contributed by atoms with van der Waals surface area (Å²) in [5.74, 6) is -0.978. The molecule has 1 atom stereocenters. The summed E-state index contributed by atoms with van der Waals surface area (Å²) in [4.78, 5) is 36.2. The maximum Gasteiger partial charge on any atom is 0.323 e. The largest absolute Gasteiger partial charge is 0.480 e. The number of aliphatic carboxylic acids is 1. The number of hydrogen-bond acceptors (Lipinski definition) is 4. The van der Waals surface area contributed by atoms with E-state index >= 15 is 0 Å². The Balaban J connectivity index is 2.25. The minimum Gasteiger partial charge on any atom is -0.480 e. The lowest BCUT2D eigenvalue weighted by Gasteiger charge is -2.25. The van der Waals surface area contributed by atoms with Gasteiger partial charge in [0.1, 0.15) is 12.3 Å². The normalized spacial score (nSPS) is 11.8. The molecule has 2 aromatic rings. The van der Waals surface area contributed by atoms with Gasteiger partial charge in [0, 0.05) is 17.2 Å². The average molecular weight is 343 g/mol. The van der Waals surface area contributed by atoms with Crippen molar-refractivity contribution in [2.45, 2.75) is 33.2 Å². The van der Waals surface area contributed by atoms with E-state index < -0.39 is 11.9 Å². The quantitative estimate of drug-likeness (QED) is 0.778. The van der Waals surface area contributed by atoms with Crippen molar-refractivity contribution in [1.29, 1.82) is 0 Å². The molecule has 1 unspecified atom stereocenters. The Kier molecular flexibility index (Phi) is 5.75. The molecule has 2 rings (SSSR count). The number of carbonyl (C=O) groups is 3. The number of nitrogens with zero attached hydrogens (tertiary/aromatic N) is 1. The van der Waals surface area contributed by atoms with Crippen LogP contribution in [0.15, 0.2) is 40.8 Å². The summed E-state index contributed by atoms with van der Waals surface area (Å²) in [7, 11) is 0. The van der Waals surface area contributed by atoms with E-state index in [9.17, 15) is 14.4 Å². The van der Waals surface area contributed by atoms with E-state index in [0.717, 1.165) is 5.56 Å². The van der Waals surface area contributed by atoms with E-state index in [-0.39, 0.29) is 24.1 Å². The Labute approximate surface area is 146 Å². The third kappa shape index (κ3) is 4.35. The molecule has 1 aromatic heterocycles. The van der Waals surface area contributed by atoms with E-state index in [4.69, 9.17) is 9.52 Å². The van der Waals surface area contributed by atoms with E-state index in [1.54, 1.807) is 37.3 Å². The summed E-state index contributed by atoms with van der Waals surface area (Å²) in [5.41, 5.74) is 1.33. The molecule has 0 saturated heterocycles. The van der Waals surface area contributed by atoms with E-state index in [1.165, 1.54) is 17.9 Å². The SMILES string of the molecule is CCC(C)N(CC(=O)O)C(=O)c1ccc(-c2ccc(C(C)=O)cc2)o1. The molecular weight excluding hydrogens is 322 g/mol. The summed E-state index contributed by atoms with van der Waals surface area (Å²) in [5, 5.41) is 9.03.